The second kappa shape index (κ2) is 9.32. The average Bonchev–Trinajstić information content (AvgIpc) is 2.74. The lowest BCUT2D eigenvalue weighted by Crippen LogP contribution is -2.39. The molecule has 0 aliphatic heterocycles. The van der Waals surface area contributed by atoms with E-state index in [9.17, 15) is 17.6 Å². The van der Waals surface area contributed by atoms with Gasteiger partial charge in [0.15, 0.2) is 0 Å². The van der Waals surface area contributed by atoms with Gasteiger partial charge in [0.25, 0.3) is 15.9 Å². The van der Waals surface area contributed by atoms with Crippen LogP contribution in [0.2, 0.25) is 0 Å². The van der Waals surface area contributed by atoms with E-state index in [2.05, 4.69) is 10.5 Å². The van der Waals surface area contributed by atoms with Gasteiger partial charge in [0.1, 0.15) is 12.4 Å². The van der Waals surface area contributed by atoms with E-state index < -0.39 is 22.5 Å². The van der Waals surface area contributed by atoms with Gasteiger partial charge in [-0.1, -0.05) is 42.5 Å². The lowest BCUT2D eigenvalue weighted by molar-refractivity contribution is -0.119. The molecule has 0 aliphatic rings. The van der Waals surface area contributed by atoms with Crippen LogP contribution in [0.3, 0.4) is 0 Å². The Balaban J connectivity index is 1.82. The minimum absolute atomic E-state index is 0.0779. The zero-order valence-corrected chi connectivity index (χ0v) is 17.0. The van der Waals surface area contributed by atoms with E-state index in [-0.39, 0.29) is 10.7 Å². The van der Waals surface area contributed by atoms with E-state index in [1.807, 2.05) is 13.0 Å². The Morgan fingerprint density at radius 1 is 1.03 bits per heavy atom. The zero-order valence-electron chi connectivity index (χ0n) is 16.2. The molecule has 154 valence electrons. The zero-order chi connectivity index (χ0) is 21.6. The van der Waals surface area contributed by atoms with Gasteiger partial charge in [-0.2, -0.15) is 5.10 Å². The number of benzene rings is 3. The highest BCUT2D eigenvalue weighted by Gasteiger charge is 2.27. The highest BCUT2D eigenvalue weighted by Crippen LogP contribution is 2.24. The number of sulfonamides is 1. The molecule has 0 aliphatic carbocycles. The summed E-state index contributed by atoms with van der Waals surface area (Å²) in [4.78, 5) is 12.5. The second-order valence-electron chi connectivity index (χ2n) is 6.51. The Hall–Kier alpha value is -3.52. The fourth-order valence-electron chi connectivity index (χ4n) is 2.71. The number of nitrogens with one attached hydrogen (secondary N) is 1. The Kier molecular flexibility index (Phi) is 6.58. The lowest BCUT2D eigenvalue weighted by Gasteiger charge is -2.24. The van der Waals surface area contributed by atoms with Crippen molar-refractivity contribution in [3.8, 4) is 0 Å². The van der Waals surface area contributed by atoms with Crippen LogP contribution in [0.5, 0.6) is 0 Å². The summed E-state index contributed by atoms with van der Waals surface area (Å²) >= 11 is 0. The van der Waals surface area contributed by atoms with E-state index >= 15 is 0 Å². The van der Waals surface area contributed by atoms with Crippen LogP contribution in [-0.2, 0) is 14.8 Å². The van der Waals surface area contributed by atoms with E-state index in [4.69, 9.17) is 0 Å². The number of hydrogen-bond acceptors (Lipinski definition) is 4. The first-order valence-electron chi connectivity index (χ1n) is 9.08. The molecule has 1 amide bonds. The molecule has 0 heterocycles. The Morgan fingerprint density at radius 2 is 1.73 bits per heavy atom. The molecular weight excluding hydrogens is 405 g/mol. The summed E-state index contributed by atoms with van der Waals surface area (Å²) in [6, 6.07) is 20.3. The number of rotatable bonds is 7. The van der Waals surface area contributed by atoms with E-state index in [0.29, 0.717) is 11.3 Å². The summed E-state index contributed by atoms with van der Waals surface area (Å²) in [5, 5.41) is 3.82. The van der Waals surface area contributed by atoms with E-state index in [1.54, 1.807) is 36.4 Å². The topological polar surface area (TPSA) is 78.8 Å². The van der Waals surface area contributed by atoms with Crippen LogP contribution in [-0.4, -0.2) is 27.1 Å². The molecule has 0 saturated carbocycles. The summed E-state index contributed by atoms with van der Waals surface area (Å²) in [7, 11) is -3.97. The van der Waals surface area contributed by atoms with Crippen molar-refractivity contribution in [3.63, 3.8) is 0 Å². The Labute approximate surface area is 174 Å². The number of anilines is 1. The normalized spacial score (nSPS) is 11.4. The van der Waals surface area contributed by atoms with Gasteiger partial charge in [0.05, 0.1) is 16.8 Å². The molecule has 0 bridgehead atoms. The molecule has 0 fully saturated rings. The number of hydrazone groups is 1. The molecule has 3 aromatic rings. The molecule has 3 aromatic carbocycles. The quantitative estimate of drug-likeness (QED) is 0.465. The fourth-order valence-corrected chi connectivity index (χ4v) is 4.15. The molecule has 0 aromatic heterocycles. The minimum Gasteiger partial charge on any atom is -0.271 e. The Morgan fingerprint density at radius 3 is 2.40 bits per heavy atom. The molecule has 0 unspecified atom stereocenters. The number of carbonyl (C=O) groups is 1. The first-order chi connectivity index (χ1) is 14.4. The third-order valence-corrected chi connectivity index (χ3v) is 5.97. The molecule has 0 spiro atoms. The predicted molar refractivity (Wildman–Crippen MR) is 114 cm³/mol. The smallest absolute Gasteiger partial charge is 0.264 e. The van der Waals surface area contributed by atoms with Crippen molar-refractivity contribution in [2.75, 3.05) is 10.8 Å². The van der Waals surface area contributed by atoms with Crippen molar-refractivity contribution in [2.45, 2.75) is 11.8 Å². The van der Waals surface area contributed by atoms with Crippen molar-refractivity contribution in [3.05, 3.63) is 95.8 Å². The second-order valence-corrected chi connectivity index (χ2v) is 8.37. The summed E-state index contributed by atoms with van der Waals surface area (Å²) < 4.78 is 40.3. The van der Waals surface area contributed by atoms with Crippen molar-refractivity contribution in [1.82, 2.24) is 5.43 Å². The number of aryl methyl sites for hydroxylation is 1. The van der Waals surface area contributed by atoms with Gasteiger partial charge in [-0.05, 0) is 54.4 Å². The fraction of sp³-hybridized carbons (Fsp3) is 0.0909. The Bertz CT molecular complexity index is 1150. The van der Waals surface area contributed by atoms with Gasteiger partial charge >= 0.3 is 0 Å². The third-order valence-electron chi connectivity index (χ3n) is 4.18. The third kappa shape index (κ3) is 5.30. The molecule has 6 nitrogen and oxygen atoms in total. The van der Waals surface area contributed by atoms with Gasteiger partial charge < -0.3 is 0 Å². The number of carbonyl (C=O) groups excluding carboxylic acids is 1. The number of nitrogens with zero attached hydrogens (tertiary/aromatic N) is 2. The van der Waals surface area contributed by atoms with Gasteiger partial charge in [0.2, 0.25) is 0 Å². The van der Waals surface area contributed by atoms with Crippen molar-refractivity contribution in [1.29, 1.82) is 0 Å². The SMILES string of the molecule is Cc1cccc(N(CC(=O)N/N=C\c2ccc(F)cc2)S(=O)(=O)c2ccccc2)c1. The maximum atomic E-state index is 13.2. The van der Waals surface area contributed by atoms with Crippen LogP contribution in [0.1, 0.15) is 11.1 Å². The monoisotopic (exact) mass is 425 g/mol. The average molecular weight is 425 g/mol. The van der Waals surface area contributed by atoms with Crippen LogP contribution in [0, 0.1) is 12.7 Å². The van der Waals surface area contributed by atoms with Crippen molar-refractivity contribution >= 4 is 27.8 Å². The maximum Gasteiger partial charge on any atom is 0.264 e. The summed E-state index contributed by atoms with van der Waals surface area (Å²) in [6.07, 6.45) is 1.35. The van der Waals surface area contributed by atoms with Crippen LogP contribution >= 0.6 is 0 Å². The predicted octanol–water partition coefficient (Wildman–Crippen LogP) is 3.48. The molecule has 3 rings (SSSR count). The van der Waals surface area contributed by atoms with Crippen LogP contribution in [0.4, 0.5) is 10.1 Å². The molecule has 8 heteroatoms. The standard InChI is InChI=1S/C22H20FN3O3S/c1-17-6-5-7-20(14-17)26(30(28,29)21-8-3-2-4-9-21)16-22(27)25-24-15-18-10-12-19(23)13-11-18/h2-15H,16H2,1H3,(H,25,27)/b24-15-. The van der Waals surface area contributed by atoms with Crippen LogP contribution in [0.25, 0.3) is 0 Å². The van der Waals surface area contributed by atoms with Gasteiger partial charge in [-0.25, -0.2) is 18.2 Å². The summed E-state index contributed by atoms with van der Waals surface area (Å²) in [6.45, 7) is 1.38. The summed E-state index contributed by atoms with van der Waals surface area (Å²) in [5.74, 6) is -0.995. The molecule has 1 N–H and O–H groups in total. The van der Waals surface area contributed by atoms with E-state index in [0.717, 1.165) is 9.87 Å². The molecular formula is C22H20FN3O3S. The van der Waals surface area contributed by atoms with Gasteiger partial charge in [0, 0.05) is 0 Å². The molecule has 0 saturated heterocycles. The van der Waals surface area contributed by atoms with Gasteiger partial charge in [-0.15, -0.1) is 0 Å². The first-order valence-corrected chi connectivity index (χ1v) is 10.5. The van der Waals surface area contributed by atoms with Crippen molar-refractivity contribution < 1.29 is 17.6 Å². The van der Waals surface area contributed by atoms with Gasteiger partial charge in [-0.3, -0.25) is 9.10 Å². The molecule has 0 atom stereocenters. The molecule has 30 heavy (non-hydrogen) atoms. The van der Waals surface area contributed by atoms with Crippen LogP contribution in [0.15, 0.2) is 88.9 Å². The number of amides is 1. The summed E-state index contributed by atoms with van der Waals surface area (Å²) in [5.41, 5.74) is 4.13. The lowest BCUT2D eigenvalue weighted by atomic mass is 10.2. The highest BCUT2D eigenvalue weighted by atomic mass is 32.2. The van der Waals surface area contributed by atoms with Crippen LogP contribution < -0.4 is 9.73 Å². The maximum absolute atomic E-state index is 13.2. The van der Waals surface area contributed by atoms with Crippen molar-refractivity contribution in [2.24, 2.45) is 5.10 Å². The number of hydrogen-bond donors (Lipinski definition) is 1. The highest BCUT2D eigenvalue weighted by molar-refractivity contribution is 7.92. The number of halogens is 1. The first kappa shape index (κ1) is 21.2. The van der Waals surface area contributed by atoms with E-state index in [1.165, 1.54) is 42.6 Å². The molecule has 0 radical (unpaired) electrons. The minimum atomic E-state index is -3.97. The largest absolute Gasteiger partial charge is 0.271 e.